The molecule has 1 aromatic carbocycles. The smallest absolute Gasteiger partial charge is 0.125 e. The number of dihydropyridines is 1. The van der Waals surface area contributed by atoms with Crippen molar-refractivity contribution < 1.29 is 0 Å². The van der Waals surface area contributed by atoms with Crippen LogP contribution in [0.1, 0.15) is 18.4 Å². The largest absolute Gasteiger partial charge is 0.400 e. The van der Waals surface area contributed by atoms with Gasteiger partial charge in [0.25, 0.3) is 0 Å². The maximum Gasteiger partial charge on any atom is 0.125 e. The molecule has 0 spiro atoms. The normalized spacial score (nSPS) is 27.4. The quantitative estimate of drug-likeness (QED) is 0.896. The van der Waals surface area contributed by atoms with Crippen LogP contribution in [0.2, 0.25) is 0 Å². The number of halogens is 1. The second kappa shape index (κ2) is 6.41. The second-order valence-corrected chi connectivity index (χ2v) is 6.70. The standard InChI is InChI=1S/C17H23ClN4/c18-16-10-15(19)17(20,12-21-16)14-6-8-22(9-7-14)11-13-4-2-1-3-5-13/h1-5,10,14H,6-9,11-12,19-20H2. The molecule has 2 heterocycles. The van der Waals surface area contributed by atoms with Crippen molar-refractivity contribution in [2.75, 3.05) is 19.6 Å². The number of nitrogens with two attached hydrogens (primary N) is 2. The van der Waals surface area contributed by atoms with Gasteiger partial charge in [-0.3, -0.25) is 9.89 Å². The molecular weight excluding hydrogens is 296 g/mol. The highest BCUT2D eigenvalue weighted by Crippen LogP contribution is 2.33. The molecule has 5 heteroatoms. The molecule has 2 aliphatic rings. The number of hydrogen-bond acceptors (Lipinski definition) is 4. The Morgan fingerprint density at radius 2 is 1.91 bits per heavy atom. The minimum absolute atomic E-state index is 0.365. The number of rotatable bonds is 3. The lowest BCUT2D eigenvalue weighted by molar-refractivity contribution is 0.139. The van der Waals surface area contributed by atoms with E-state index in [9.17, 15) is 0 Å². The Morgan fingerprint density at radius 3 is 2.55 bits per heavy atom. The lowest BCUT2D eigenvalue weighted by Gasteiger charge is -2.43. The zero-order chi connectivity index (χ0) is 15.6. The van der Waals surface area contributed by atoms with Gasteiger partial charge in [-0.1, -0.05) is 41.9 Å². The van der Waals surface area contributed by atoms with Gasteiger partial charge < -0.3 is 11.5 Å². The van der Waals surface area contributed by atoms with E-state index in [2.05, 4.69) is 40.2 Å². The highest BCUT2D eigenvalue weighted by atomic mass is 35.5. The number of aliphatic imine (C=N–C) groups is 1. The lowest BCUT2D eigenvalue weighted by Crippen LogP contribution is -2.57. The van der Waals surface area contributed by atoms with E-state index in [1.165, 1.54) is 5.56 Å². The van der Waals surface area contributed by atoms with Crippen molar-refractivity contribution in [2.24, 2.45) is 22.4 Å². The highest BCUT2D eigenvalue weighted by molar-refractivity contribution is 6.68. The molecule has 0 aliphatic carbocycles. The third-order valence-corrected chi connectivity index (χ3v) is 5.10. The average molecular weight is 319 g/mol. The SMILES string of the molecule is NC1=CC(Cl)=NCC1(N)C1CCN(Cc2ccccc2)CC1. The van der Waals surface area contributed by atoms with Crippen LogP contribution in [0.15, 0.2) is 47.1 Å². The van der Waals surface area contributed by atoms with E-state index in [1.807, 2.05) is 0 Å². The molecule has 1 aromatic rings. The van der Waals surface area contributed by atoms with Gasteiger partial charge in [-0.05, 0) is 43.5 Å². The van der Waals surface area contributed by atoms with E-state index in [4.69, 9.17) is 23.1 Å². The fourth-order valence-electron chi connectivity index (χ4n) is 3.42. The first kappa shape index (κ1) is 15.5. The average Bonchev–Trinajstić information content (AvgIpc) is 2.53. The molecule has 0 aromatic heterocycles. The van der Waals surface area contributed by atoms with Crippen LogP contribution in [0.5, 0.6) is 0 Å². The van der Waals surface area contributed by atoms with Crippen LogP contribution < -0.4 is 11.5 Å². The minimum Gasteiger partial charge on any atom is -0.400 e. The molecule has 1 unspecified atom stereocenters. The summed E-state index contributed by atoms with van der Waals surface area (Å²) in [6.45, 7) is 3.59. The molecule has 118 valence electrons. The molecule has 0 radical (unpaired) electrons. The van der Waals surface area contributed by atoms with Gasteiger partial charge in [0, 0.05) is 12.2 Å². The minimum atomic E-state index is -0.531. The van der Waals surface area contributed by atoms with Crippen molar-refractivity contribution in [1.82, 2.24) is 4.90 Å². The molecule has 2 aliphatic heterocycles. The zero-order valence-corrected chi connectivity index (χ0v) is 13.5. The van der Waals surface area contributed by atoms with Gasteiger partial charge in [0.15, 0.2) is 0 Å². The van der Waals surface area contributed by atoms with Crippen LogP contribution in [-0.4, -0.2) is 35.2 Å². The number of likely N-dealkylation sites (tertiary alicyclic amines) is 1. The van der Waals surface area contributed by atoms with Crippen LogP contribution in [0.3, 0.4) is 0 Å². The van der Waals surface area contributed by atoms with Crippen LogP contribution >= 0.6 is 11.6 Å². The molecule has 1 fully saturated rings. The van der Waals surface area contributed by atoms with Gasteiger partial charge >= 0.3 is 0 Å². The van der Waals surface area contributed by atoms with E-state index >= 15 is 0 Å². The zero-order valence-electron chi connectivity index (χ0n) is 12.7. The molecule has 22 heavy (non-hydrogen) atoms. The Kier molecular flexibility index (Phi) is 4.52. The van der Waals surface area contributed by atoms with Crippen LogP contribution in [0.25, 0.3) is 0 Å². The molecule has 4 nitrogen and oxygen atoms in total. The molecule has 0 bridgehead atoms. The summed E-state index contributed by atoms with van der Waals surface area (Å²) in [5.74, 6) is 0.365. The summed E-state index contributed by atoms with van der Waals surface area (Å²) in [4.78, 5) is 6.76. The van der Waals surface area contributed by atoms with E-state index in [-0.39, 0.29) is 0 Å². The predicted molar refractivity (Wildman–Crippen MR) is 91.8 cm³/mol. The number of nitrogens with zero attached hydrogens (tertiary/aromatic N) is 2. The Labute approximate surface area is 136 Å². The van der Waals surface area contributed by atoms with E-state index in [1.54, 1.807) is 6.08 Å². The molecular formula is C17H23ClN4. The Balaban J connectivity index is 1.59. The maximum atomic E-state index is 6.56. The van der Waals surface area contributed by atoms with Crippen molar-refractivity contribution in [3.05, 3.63) is 47.7 Å². The van der Waals surface area contributed by atoms with Crippen LogP contribution in [0, 0.1) is 5.92 Å². The van der Waals surface area contributed by atoms with E-state index < -0.39 is 5.54 Å². The number of hydrogen-bond donors (Lipinski definition) is 2. The second-order valence-electron chi connectivity index (χ2n) is 6.32. The van der Waals surface area contributed by atoms with Gasteiger partial charge in [-0.15, -0.1) is 0 Å². The number of piperidine rings is 1. The summed E-state index contributed by atoms with van der Waals surface area (Å²) in [5, 5.41) is 0.458. The Hall–Kier alpha value is -1.36. The van der Waals surface area contributed by atoms with Crippen molar-refractivity contribution in [2.45, 2.75) is 24.9 Å². The fourth-order valence-corrected chi connectivity index (χ4v) is 3.60. The number of benzene rings is 1. The third kappa shape index (κ3) is 3.19. The monoisotopic (exact) mass is 318 g/mol. The van der Waals surface area contributed by atoms with Crippen molar-refractivity contribution in [3.63, 3.8) is 0 Å². The molecule has 3 rings (SSSR count). The van der Waals surface area contributed by atoms with Crippen LogP contribution in [-0.2, 0) is 6.54 Å². The first-order valence-electron chi connectivity index (χ1n) is 7.81. The highest BCUT2D eigenvalue weighted by Gasteiger charge is 2.40. The summed E-state index contributed by atoms with van der Waals surface area (Å²) in [7, 11) is 0. The van der Waals surface area contributed by atoms with E-state index in [0.717, 1.165) is 32.5 Å². The fraction of sp³-hybridized carbons (Fsp3) is 0.471. The first-order chi connectivity index (χ1) is 10.6. The van der Waals surface area contributed by atoms with Crippen molar-refractivity contribution >= 4 is 16.8 Å². The molecule has 0 amide bonds. The summed E-state index contributed by atoms with van der Waals surface area (Å²) in [6, 6.07) is 10.6. The lowest BCUT2D eigenvalue weighted by atomic mass is 9.75. The molecule has 1 saturated heterocycles. The number of allylic oxidation sites excluding steroid dienone is 1. The Bertz CT molecular complexity index is 576. The predicted octanol–water partition coefficient (Wildman–Crippen LogP) is 2.09. The summed E-state index contributed by atoms with van der Waals surface area (Å²) in [5.41, 5.74) is 14.2. The van der Waals surface area contributed by atoms with Gasteiger partial charge in [0.2, 0.25) is 0 Å². The van der Waals surface area contributed by atoms with Gasteiger partial charge in [-0.2, -0.15) is 0 Å². The summed E-state index contributed by atoms with van der Waals surface area (Å²) in [6.07, 6.45) is 3.80. The Morgan fingerprint density at radius 1 is 1.23 bits per heavy atom. The van der Waals surface area contributed by atoms with Crippen LogP contribution in [0.4, 0.5) is 0 Å². The molecule has 4 N–H and O–H groups in total. The summed E-state index contributed by atoms with van der Waals surface area (Å²) >= 11 is 5.92. The van der Waals surface area contributed by atoms with E-state index in [0.29, 0.717) is 23.3 Å². The topological polar surface area (TPSA) is 67.6 Å². The molecule has 0 saturated carbocycles. The van der Waals surface area contributed by atoms with Crippen molar-refractivity contribution in [1.29, 1.82) is 0 Å². The van der Waals surface area contributed by atoms with Crippen molar-refractivity contribution in [3.8, 4) is 0 Å². The third-order valence-electron chi connectivity index (χ3n) is 4.87. The molecule has 1 atom stereocenters. The van der Waals surface area contributed by atoms with Gasteiger partial charge in [0.05, 0.1) is 12.1 Å². The maximum absolute atomic E-state index is 6.56. The van der Waals surface area contributed by atoms with Gasteiger partial charge in [-0.25, -0.2) is 0 Å². The first-order valence-corrected chi connectivity index (χ1v) is 8.18. The summed E-state index contributed by atoms with van der Waals surface area (Å²) < 4.78 is 0. The van der Waals surface area contributed by atoms with Gasteiger partial charge in [0.1, 0.15) is 5.17 Å².